The van der Waals surface area contributed by atoms with E-state index in [1.807, 2.05) is 0 Å². The van der Waals surface area contributed by atoms with E-state index in [1.54, 1.807) is 6.08 Å². The van der Waals surface area contributed by atoms with Crippen LogP contribution in [-0.2, 0) is 4.57 Å². The summed E-state index contributed by atoms with van der Waals surface area (Å²) in [5.41, 5.74) is -0.161. The van der Waals surface area contributed by atoms with Crippen molar-refractivity contribution in [1.29, 1.82) is 0 Å². The topological polar surface area (TPSA) is 37.3 Å². The Balaban J connectivity index is 0. The number of allylic oxidation sites excluding steroid dienone is 1. The van der Waals surface area contributed by atoms with Crippen molar-refractivity contribution < 1.29 is 9.46 Å². The van der Waals surface area contributed by atoms with Gasteiger partial charge in [0.1, 0.15) is 0 Å². The lowest BCUT2D eigenvalue weighted by Crippen LogP contribution is -1.96. The smallest absolute Gasteiger partial charge is 0.195 e. The van der Waals surface area contributed by atoms with Gasteiger partial charge in [-0.25, -0.2) is 0 Å². The highest BCUT2D eigenvalue weighted by Crippen LogP contribution is 2.27. The summed E-state index contributed by atoms with van der Waals surface area (Å²) in [6.07, 6.45) is 5.72. The molecule has 0 amide bonds. The average molecular weight is 210 g/mol. The van der Waals surface area contributed by atoms with Gasteiger partial charge < -0.3 is 4.89 Å². The first-order chi connectivity index (χ1) is 5.22. The Hall–Kier alpha value is 0.360. The van der Waals surface area contributed by atoms with Crippen LogP contribution in [0.25, 0.3) is 0 Å². The van der Waals surface area contributed by atoms with Crippen LogP contribution in [0.3, 0.4) is 0 Å². The summed E-state index contributed by atoms with van der Waals surface area (Å²) in [5, 5.41) is 0. The molecule has 2 nitrogen and oxygen atoms in total. The van der Waals surface area contributed by atoms with Crippen LogP contribution in [0.15, 0.2) is 12.7 Å². The Morgan fingerprint density at radius 3 is 2.50 bits per heavy atom. The number of rotatable bonds is 6. The van der Waals surface area contributed by atoms with Crippen molar-refractivity contribution in [3.05, 3.63) is 12.7 Å². The highest BCUT2D eigenvalue weighted by molar-refractivity contribution is 7.39. The van der Waals surface area contributed by atoms with Gasteiger partial charge in [-0.2, -0.15) is 9.90 Å². The SMILES string of the molecule is C=CC(CCCCC)[PH](=O)O.P. The molecule has 0 rings (SSSR count). The second kappa shape index (κ2) is 9.45. The van der Waals surface area contributed by atoms with Gasteiger partial charge >= 0.3 is 0 Å². The third-order valence-electron chi connectivity index (χ3n) is 1.72. The van der Waals surface area contributed by atoms with Crippen molar-refractivity contribution in [1.82, 2.24) is 0 Å². The normalized spacial score (nSPS) is 14.5. The summed E-state index contributed by atoms with van der Waals surface area (Å²) >= 11 is 0. The third kappa shape index (κ3) is 7.03. The van der Waals surface area contributed by atoms with Gasteiger partial charge in [-0.15, -0.1) is 6.58 Å². The molecule has 0 fully saturated rings. The minimum atomic E-state index is -2.37. The van der Waals surface area contributed by atoms with E-state index in [0.717, 1.165) is 25.7 Å². The van der Waals surface area contributed by atoms with Crippen LogP contribution in [-0.4, -0.2) is 10.6 Å². The molecule has 0 aliphatic heterocycles. The fourth-order valence-corrected chi connectivity index (χ4v) is 1.61. The maximum atomic E-state index is 10.6. The fraction of sp³-hybridized carbons (Fsp3) is 0.750. The van der Waals surface area contributed by atoms with Crippen LogP contribution < -0.4 is 0 Å². The Morgan fingerprint density at radius 1 is 1.58 bits per heavy atom. The first-order valence-electron chi connectivity index (χ1n) is 4.07. The van der Waals surface area contributed by atoms with E-state index in [0.29, 0.717) is 0 Å². The first kappa shape index (κ1) is 14.9. The molecule has 0 spiro atoms. The molecule has 0 saturated heterocycles. The molecule has 3 unspecified atom stereocenters. The minimum Gasteiger partial charge on any atom is -0.346 e. The zero-order valence-electron chi connectivity index (χ0n) is 7.75. The second-order valence-corrected chi connectivity index (χ2v) is 4.09. The van der Waals surface area contributed by atoms with Crippen molar-refractivity contribution in [2.45, 2.75) is 38.3 Å². The predicted molar refractivity (Wildman–Crippen MR) is 60.5 cm³/mol. The van der Waals surface area contributed by atoms with Crippen molar-refractivity contribution in [3.8, 4) is 0 Å². The highest BCUT2D eigenvalue weighted by atomic mass is 31.1. The molecule has 3 atom stereocenters. The van der Waals surface area contributed by atoms with Gasteiger partial charge in [0, 0.05) is 0 Å². The molecule has 74 valence electrons. The van der Waals surface area contributed by atoms with Crippen molar-refractivity contribution in [2.24, 2.45) is 0 Å². The molecule has 0 bridgehead atoms. The summed E-state index contributed by atoms with van der Waals surface area (Å²) in [6.45, 7) is 5.64. The molecule has 0 aromatic carbocycles. The fourth-order valence-electron chi connectivity index (χ4n) is 0.956. The van der Waals surface area contributed by atoms with E-state index in [1.165, 1.54) is 0 Å². The molecule has 0 aliphatic carbocycles. The van der Waals surface area contributed by atoms with Crippen molar-refractivity contribution >= 4 is 17.9 Å². The van der Waals surface area contributed by atoms with Crippen LogP contribution in [0, 0.1) is 0 Å². The van der Waals surface area contributed by atoms with E-state index in [9.17, 15) is 4.57 Å². The molecule has 4 heteroatoms. The van der Waals surface area contributed by atoms with Crippen LogP contribution in [0.4, 0.5) is 0 Å². The molecule has 0 aromatic heterocycles. The van der Waals surface area contributed by atoms with E-state index in [4.69, 9.17) is 4.89 Å². The minimum absolute atomic E-state index is 0. The van der Waals surface area contributed by atoms with E-state index < -0.39 is 8.03 Å². The van der Waals surface area contributed by atoms with Gasteiger partial charge in [0.05, 0.1) is 5.66 Å². The monoisotopic (exact) mass is 210 g/mol. The summed E-state index contributed by atoms with van der Waals surface area (Å²) < 4.78 is 10.6. The molecular formula is C8H20O2P2. The average Bonchev–Trinajstić information content (AvgIpc) is 1.97. The van der Waals surface area contributed by atoms with Gasteiger partial charge in [0.15, 0.2) is 8.03 Å². The number of hydrogen-bond donors (Lipinski definition) is 1. The lowest BCUT2D eigenvalue weighted by atomic mass is 10.1. The summed E-state index contributed by atoms with van der Waals surface area (Å²) in [6, 6.07) is 0. The quantitative estimate of drug-likeness (QED) is 0.415. The maximum Gasteiger partial charge on any atom is 0.195 e. The van der Waals surface area contributed by atoms with Crippen molar-refractivity contribution in [3.63, 3.8) is 0 Å². The number of hydrogen-bond acceptors (Lipinski definition) is 1. The predicted octanol–water partition coefficient (Wildman–Crippen LogP) is 2.65. The number of unbranched alkanes of at least 4 members (excludes halogenated alkanes) is 2. The molecule has 0 aliphatic rings. The third-order valence-corrected chi connectivity index (χ3v) is 2.88. The highest BCUT2D eigenvalue weighted by Gasteiger charge is 2.08. The van der Waals surface area contributed by atoms with Gasteiger partial charge in [-0.1, -0.05) is 32.3 Å². The van der Waals surface area contributed by atoms with Gasteiger partial charge in [0.2, 0.25) is 0 Å². The standard InChI is InChI=1S/C8H17O2P.H3P/c1-3-5-6-7-8(4-2)11(9)10;/h4,8,11H,2-3,5-7H2,1H3,(H,9,10);1H3. The molecule has 0 radical (unpaired) electrons. The van der Waals surface area contributed by atoms with E-state index in [-0.39, 0.29) is 15.6 Å². The van der Waals surface area contributed by atoms with Crippen LogP contribution in [0.1, 0.15) is 32.6 Å². The lowest BCUT2D eigenvalue weighted by molar-refractivity contribution is 0.490. The van der Waals surface area contributed by atoms with Crippen LogP contribution in [0.5, 0.6) is 0 Å². The molecular weight excluding hydrogens is 190 g/mol. The van der Waals surface area contributed by atoms with E-state index in [2.05, 4.69) is 13.5 Å². The lowest BCUT2D eigenvalue weighted by Gasteiger charge is -2.06. The van der Waals surface area contributed by atoms with Crippen molar-refractivity contribution in [2.75, 3.05) is 0 Å². The summed E-state index contributed by atoms with van der Waals surface area (Å²) in [4.78, 5) is 8.79. The molecule has 12 heavy (non-hydrogen) atoms. The molecule has 0 aromatic rings. The molecule has 0 saturated carbocycles. The molecule has 1 N–H and O–H groups in total. The Bertz CT molecular complexity index is 137. The van der Waals surface area contributed by atoms with Gasteiger partial charge in [-0.05, 0) is 6.42 Å². The maximum absolute atomic E-state index is 10.6. The van der Waals surface area contributed by atoms with Crippen LogP contribution in [0.2, 0.25) is 0 Å². The summed E-state index contributed by atoms with van der Waals surface area (Å²) in [7, 11) is -2.37. The second-order valence-electron chi connectivity index (χ2n) is 2.68. The van der Waals surface area contributed by atoms with E-state index >= 15 is 0 Å². The zero-order valence-corrected chi connectivity index (χ0v) is 10.2. The largest absolute Gasteiger partial charge is 0.346 e. The molecule has 0 heterocycles. The Labute approximate surface area is 78.9 Å². The Kier molecular flexibility index (Phi) is 11.7. The Morgan fingerprint density at radius 2 is 2.17 bits per heavy atom. The summed E-state index contributed by atoms with van der Waals surface area (Å²) in [5.74, 6) is 0. The van der Waals surface area contributed by atoms with Gasteiger partial charge in [-0.3, -0.25) is 4.57 Å². The first-order valence-corrected chi connectivity index (χ1v) is 5.51. The van der Waals surface area contributed by atoms with Gasteiger partial charge in [0.25, 0.3) is 0 Å². The van der Waals surface area contributed by atoms with Crippen LogP contribution >= 0.6 is 17.9 Å². The zero-order chi connectivity index (χ0) is 8.69.